The third-order valence-electron chi connectivity index (χ3n) is 5.19. The Labute approximate surface area is 136 Å². The predicted octanol–water partition coefficient (Wildman–Crippen LogP) is 0.734. The quantitative estimate of drug-likeness (QED) is 0.757. The SMILES string of the molecule is CCOC1CCN(C(=O)CN2C(=O)N[C@](C)(C3CC3)C2=O)CC1. The number of amides is 4. The van der Waals surface area contributed by atoms with Crippen LogP contribution in [0, 0.1) is 5.92 Å². The molecular weight excluding hydrogens is 298 g/mol. The zero-order valence-electron chi connectivity index (χ0n) is 13.8. The number of rotatable bonds is 5. The molecule has 23 heavy (non-hydrogen) atoms. The molecule has 1 N–H and O–H groups in total. The van der Waals surface area contributed by atoms with Gasteiger partial charge in [0.05, 0.1) is 6.10 Å². The van der Waals surface area contributed by atoms with Crippen LogP contribution in [0.4, 0.5) is 4.79 Å². The molecule has 3 rings (SSSR count). The average Bonchev–Trinajstić information content (AvgIpc) is 3.34. The second-order valence-electron chi connectivity index (χ2n) is 6.83. The van der Waals surface area contributed by atoms with Crippen LogP contribution in [-0.4, -0.2) is 65.5 Å². The fourth-order valence-electron chi connectivity index (χ4n) is 3.54. The van der Waals surface area contributed by atoms with E-state index in [1.54, 1.807) is 11.8 Å². The molecule has 1 aliphatic carbocycles. The van der Waals surface area contributed by atoms with Gasteiger partial charge in [-0.25, -0.2) is 4.79 Å². The number of piperidine rings is 1. The van der Waals surface area contributed by atoms with Crippen molar-refractivity contribution in [2.45, 2.75) is 51.2 Å². The van der Waals surface area contributed by atoms with Crippen molar-refractivity contribution in [3.05, 3.63) is 0 Å². The first-order valence-electron chi connectivity index (χ1n) is 8.49. The van der Waals surface area contributed by atoms with Crippen molar-refractivity contribution in [2.24, 2.45) is 5.92 Å². The lowest BCUT2D eigenvalue weighted by atomic mass is 9.96. The summed E-state index contributed by atoms with van der Waals surface area (Å²) in [5, 5.41) is 2.77. The summed E-state index contributed by atoms with van der Waals surface area (Å²) in [7, 11) is 0. The third kappa shape index (κ3) is 3.06. The fourth-order valence-corrected chi connectivity index (χ4v) is 3.54. The van der Waals surface area contributed by atoms with E-state index in [9.17, 15) is 14.4 Å². The summed E-state index contributed by atoms with van der Waals surface area (Å²) < 4.78 is 5.57. The summed E-state index contributed by atoms with van der Waals surface area (Å²) in [6.45, 7) is 5.49. The lowest BCUT2D eigenvalue weighted by Crippen LogP contribution is -2.48. The Balaban J connectivity index is 1.56. The molecule has 0 radical (unpaired) electrons. The molecule has 2 saturated heterocycles. The Hall–Kier alpha value is -1.63. The number of nitrogens with one attached hydrogen (secondary N) is 1. The maximum absolute atomic E-state index is 12.5. The molecule has 7 nitrogen and oxygen atoms in total. The molecule has 2 heterocycles. The Bertz CT molecular complexity index is 511. The molecule has 4 amide bonds. The summed E-state index contributed by atoms with van der Waals surface area (Å²) in [5.74, 6) is -0.216. The third-order valence-corrected chi connectivity index (χ3v) is 5.19. The van der Waals surface area contributed by atoms with E-state index in [0.29, 0.717) is 19.7 Å². The van der Waals surface area contributed by atoms with Crippen LogP contribution < -0.4 is 5.32 Å². The van der Waals surface area contributed by atoms with E-state index in [0.717, 1.165) is 30.6 Å². The van der Waals surface area contributed by atoms with Crippen LogP contribution in [0.2, 0.25) is 0 Å². The number of carbonyl (C=O) groups excluding carboxylic acids is 3. The molecule has 128 valence electrons. The summed E-state index contributed by atoms with van der Waals surface area (Å²) in [6.07, 6.45) is 3.72. The molecule has 1 atom stereocenters. The second-order valence-corrected chi connectivity index (χ2v) is 6.83. The number of hydrogen-bond acceptors (Lipinski definition) is 4. The van der Waals surface area contributed by atoms with E-state index in [2.05, 4.69) is 5.32 Å². The molecule has 0 aromatic carbocycles. The Morgan fingerprint density at radius 1 is 1.26 bits per heavy atom. The minimum Gasteiger partial charge on any atom is -0.378 e. The Kier molecular flexibility index (Phi) is 4.31. The van der Waals surface area contributed by atoms with Crippen LogP contribution in [0.15, 0.2) is 0 Å². The average molecular weight is 323 g/mol. The topological polar surface area (TPSA) is 79.0 Å². The van der Waals surface area contributed by atoms with E-state index in [1.165, 1.54) is 0 Å². The predicted molar refractivity (Wildman–Crippen MR) is 82.6 cm³/mol. The molecule has 1 saturated carbocycles. The molecule has 7 heteroatoms. The molecule has 3 fully saturated rings. The highest BCUT2D eigenvalue weighted by atomic mass is 16.5. The van der Waals surface area contributed by atoms with Gasteiger partial charge in [0, 0.05) is 19.7 Å². The van der Waals surface area contributed by atoms with Gasteiger partial charge in [0.25, 0.3) is 5.91 Å². The van der Waals surface area contributed by atoms with Crippen LogP contribution in [0.5, 0.6) is 0 Å². The zero-order chi connectivity index (χ0) is 16.6. The van der Waals surface area contributed by atoms with Crippen molar-refractivity contribution in [3.8, 4) is 0 Å². The van der Waals surface area contributed by atoms with Crippen LogP contribution in [0.3, 0.4) is 0 Å². The number of hydrogen-bond donors (Lipinski definition) is 1. The Morgan fingerprint density at radius 3 is 2.48 bits per heavy atom. The van der Waals surface area contributed by atoms with Crippen molar-refractivity contribution in [1.29, 1.82) is 0 Å². The van der Waals surface area contributed by atoms with Crippen molar-refractivity contribution in [3.63, 3.8) is 0 Å². The highest BCUT2D eigenvalue weighted by Crippen LogP contribution is 2.42. The lowest BCUT2D eigenvalue weighted by Gasteiger charge is -2.32. The first-order chi connectivity index (χ1) is 11.0. The molecule has 0 aromatic heterocycles. The molecule has 0 spiro atoms. The first-order valence-corrected chi connectivity index (χ1v) is 8.49. The van der Waals surface area contributed by atoms with Crippen molar-refractivity contribution in [2.75, 3.05) is 26.2 Å². The number of imide groups is 1. The van der Waals surface area contributed by atoms with Gasteiger partial charge in [-0.2, -0.15) is 0 Å². The van der Waals surface area contributed by atoms with Gasteiger partial charge in [-0.05, 0) is 45.4 Å². The van der Waals surface area contributed by atoms with Gasteiger partial charge in [-0.1, -0.05) is 0 Å². The van der Waals surface area contributed by atoms with Gasteiger partial charge >= 0.3 is 6.03 Å². The van der Waals surface area contributed by atoms with E-state index in [1.807, 2.05) is 6.92 Å². The van der Waals surface area contributed by atoms with Crippen LogP contribution >= 0.6 is 0 Å². The van der Waals surface area contributed by atoms with Gasteiger partial charge in [0.15, 0.2) is 0 Å². The number of carbonyl (C=O) groups is 3. The molecule has 0 unspecified atom stereocenters. The lowest BCUT2D eigenvalue weighted by molar-refractivity contribution is -0.140. The summed E-state index contributed by atoms with van der Waals surface area (Å²) >= 11 is 0. The first kappa shape index (κ1) is 16.2. The normalized spacial score (nSPS) is 29.1. The molecule has 0 aromatic rings. The second kappa shape index (κ2) is 6.11. The van der Waals surface area contributed by atoms with Gasteiger partial charge in [-0.3, -0.25) is 14.5 Å². The zero-order valence-corrected chi connectivity index (χ0v) is 13.8. The highest BCUT2D eigenvalue weighted by molar-refractivity contribution is 6.09. The minimum atomic E-state index is -0.820. The number of likely N-dealkylation sites (tertiary alicyclic amines) is 1. The number of ether oxygens (including phenoxy) is 1. The van der Waals surface area contributed by atoms with E-state index in [-0.39, 0.29) is 30.4 Å². The summed E-state index contributed by atoms with van der Waals surface area (Å²) in [4.78, 5) is 39.8. The molecule has 0 bridgehead atoms. The van der Waals surface area contributed by atoms with E-state index < -0.39 is 11.6 Å². The minimum absolute atomic E-state index is 0.160. The molecular formula is C16H25N3O4. The van der Waals surface area contributed by atoms with Crippen molar-refractivity contribution < 1.29 is 19.1 Å². The van der Waals surface area contributed by atoms with Crippen LogP contribution in [0.1, 0.15) is 39.5 Å². The highest BCUT2D eigenvalue weighted by Gasteiger charge is 2.56. The van der Waals surface area contributed by atoms with Gasteiger partial charge in [0.2, 0.25) is 5.91 Å². The van der Waals surface area contributed by atoms with Gasteiger partial charge in [0.1, 0.15) is 12.1 Å². The fraction of sp³-hybridized carbons (Fsp3) is 0.812. The molecule has 3 aliphatic rings. The van der Waals surface area contributed by atoms with Crippen molar-refractivity contribution >= 4 is 17.8 Å². The Morgan fingerprint density at radius 2 is 1.91 bits per heavy atom. The standard InChI is InChI=1S/C16H25N3O4/c1-3-23-12-6-8-18(9-7-12)13(20)10-19-14(21)16(2,11-4-5-11)17-15(19)22/h11-12H,3-10H2,1-2H3,(H,17,22)/t16-/m1/s1. The van der Waals surface area contributed by atoms with Gasteiger partial charge < -0.3 is 15.0 Å². The van der Waals surface area contributed by atoms with Crippen LogP contribution in [0.25, 0.3) is 0 Å². The maximum Gasteiger partial charge on any atom is 0.325 e. The largest absolute Gasteiger partial charge is 0.378 e. The number of urea groups is 1. The number of nitrogens with zero attached hydrogens (tertiary/aromatic N) is 2. The van der Waals surface area contributed by atoms with E-state index >= 15 is 0 Å². The summed E-state index contributed by atoms with van der Waals surface area (Å²) in [6, 6.07) is -0.443. The van der Waals surface area contributed by atoms with Crippen LogP contribution in [-0.2, 0) is 14.3 Å². The van der Waals surface area contributed by atoms with Crippen molar-refractivity contribution in [1.82, 2.24) is 15.1 Å². The van der Waals surface area contributed by atoms with Gasteiger partial charge in [-0.15, -0.1) is 0 Å². The molecule has 2 aliphatic heterocycles. The monoisotopic (exact) mass is 323 g/mol. The summed E-state index contributed by atoms with van der Waals surface area (Å²) in [5.41, 5.74) is -0.820. The van der Waals surface area contributed by atoms with E-state index in [4.69, 9.17) is 4.74 Å². The smallest absolute Gasteiger partial charge is 0.325 e. The maximum atomic E-state index is 12.5.